The summed E-state index contributed by atoms with van der Waals surface area (Å²) in [4.78, 5) is 28.6. The predicted molar refractivity (Wildman–Crippen MR) is 80.5 cm³/mol. The molecule has 2 rings (SSSR count). The van der Waals surface area contributed by atoms with Gasteiger partial charge in [-0.05, 0) is 18.2 Å². The molecule has 0 spiro atoms. The van der Waals surface area contributed by atoms with E-state index in [4.69, 9.17) is 9.47 Å². The van der Waals surface area contributed by atoms with Gasteiger partial charge in [0, 0.05) is 5.56 Å². The number of hydrogen-bond acceptors (Lipinski definition) is 6. The number of para-hydroxylation sites is 1. The third-order valence-corrected chi connectivity index (χ3v) is 3.04. The van der Waals surface area contributed by atoms with E-state index in [2.05, 4.69) is 9.98 Å². The highest BCUT2D eigenvalue weighted by Gasteiger charge is 2.19. The summed E-state index contributed by atoms with van der Waals surface area (Å²) >= 11 is 0. The van der Waals surface area contributed by atoms with E-state index in [1.165, 1.54) is 32.4 Å². The minimum atomic E-state index is 0.169. The van der Waals surface area contributed by atoms with Crippen LogP contribution in [0, 0.1) is 0 Å². The van der Waals surface area contributed by atoms with Crippen LogP contribution in [-0.4, -0.2) is 26.4 Å². The van der Waals surface area contributed by atoms with Crippen molar-refractivity contribution in [3.63, 3.8) is 0 Å². The van der Waals surface area contributed by atoms with Crippen LogP contribution in [0.4, 0.5) is 11.4 Å². The molecule has 0 atom stereocenters. The van der Waals surface area contributed by atoms with Crippen molar-refractivity contribution in [1.82, 2.24) is 0 Å². The van der Waals surface area contributed by atoms with Crippen LogP contribution in [0.25, 0.3) is 11.1 Å². The average molecular weight is 296 g/mol. The van der Waals surface area contributed by atoms with Gasteiger partial charge in [0.25, 0.3) is 0 Å². The molecule has 0 aliphatic carbocycles. The number of ether oxygens (including phenoxy) is 2. The third-order valence-electron chi connectivity index (χ3n) is 3.04. The van der Waals surface area contributed by atoms with Gasteiger partial charge >= 0.3 is 0 Å². The molecule has 22 heavy (non-hydrogen) atoms. The van der Waals surface area contributed by atoms with E-state index in [1.807, 2.05) is 6.07 Å². The first kappa shape index (κ1) is 15.2. The maximum Gasteiger partial charge on any atom is 0.240 e. The van der Waals surface area contributed by atoms with Crippen molar-refractivity contribution in [2.75, 3.05) is 14.2 Å². The van der Waals surface area contributed by atoms with Crippen molar-refractivity contribution < 1.29 is 19.1 Å². The van der Waals surface area contributed by atoms with Crippen molar-refractivity contribution in [1.29, 1.82) is 0 Å². The molecule has 6 heteroatoms. The van der Waals surface area contributed by atoms with Crippen molar-refractivity contribution in [2.45, 2.75) is 0 Å². The average Bonchev–Trinajstić information content (AvgIpc) is 2.56. The minimum Gasteiger partial charge on any atom is -0.496 e. The van der Waals surface area contributed by atoms with Gasteiger partial charge in [0.05, 0.1) is 19.8 Å². The Hall–Kier alpha value is -3.20. The molecule has 2 aromatic rings. The smallest absolute Gasteiger partial charge is 0.240 e. The zero-order valence-corrected chi connectivity index (χ0v) is 12.0. The van der Waals surface area contributed by atoms with E-state index in [9.17, 15) is 9.59 Å². The van der Waals surface area contributed by atoms with Crippen LogP contribution in [0.2, 0.25) is 0 Å². The second-order valence-corrected chi connectivity index (χ2v) is 4.12. The minimum absolute atomic E-state index is 0.169. The van der Waals surface area contributed by atoms with Gasteiger partial charge in [0.2, 0.25) is 12.2 Å². The molecule has 110 valence electrons. The summed E-state index contributed by atoms with van der Waals surface area (Å²) in [5.41, 5.74) is 1.50. The lowest BCUT2D eigenvalue weighted by Gasteiger charge is -2.15. The quantitative estimate of drug-likeness (QED) is 0.626. The second-order valence-electron chi connectivity index (χ2n) is 4.12. The standard InChI is InChI=1S/C16H12N2O4/c1-21-13-6-4-3-5-11(13)15-14(22-2)8-7-12(17-9-19)16(15)18-10-20/h3-8H,1-2H3. The Bertz CT molecular complexity index is 789. The molecule has 0 saturated carbocycles. The van der Waals surface area contributed by atoms with Crippen LogP contribution in [-0.2, 0) is 9.59 Å². The Kier molecular flexibility index (Phi) is 4.83. The fraction of sp³-hybridized carbons (Fsp3) is 0.125. The molecular weight excluding hydrogens is 284 g/mol. The van der Waals surface area contributed by atoms with Crippen LogP contribution < -0.4 is 9.47 Å². The van der Waals surface area contributed by atoms with Crippen LogP contribution in [0.5, 0.6) is 11.5 Å². The van der Waals surface area contributed by atoms with Crippen LogP contribution in [0.15, 0.2) is 46.4 Å². The first-order valence-corrected chi connectivity index (χ1v) is 6.27. The maximum atomic E-state index is 10.8. The highest BCUT2D eigenvalue weighted by molar-refractivity contribution is 5.92. The topological polar surface area (TPSA) is 77.3 Å². The number of nitrogens with zero attached hydrogens (tertiary/aromatic N) is 2. The Morgan fingerprint density at radius 2 is 1.55 bits per heavy atom. The Labute approximate surface area is 126 Å². The first-order chi connectivity index (χ1) is 10.8. The normalized spacial score (nSPS) is 9.36. The highest BCUT2D eigenvalue weighted by Crippen LogP contribution is 2.47. The van der Waals surface area contributed by atoms with Gasteiger partial charge in [0.1, 0.15) is 22.9 Å². The Morgan fingerprint density at radius 3 is 2.18 bits per heavy atom. The largest absolute Gasteiger partial charge is 0.496 e. The number of benzene rings is 2. The van der Waals surface area contributed by atoms with E-state index in [1.54, 1.807) is 24.3 Å². The lowest BCUT2D eigenvalue weighted by molar-refractivity contribution is 0.410. The lowest BCUT2D eigenvalue weighted by Crippen LogP contribution is -1.92. The molecule has 0 unspecified atom stereocenters. The SMILES string of the molecule is COc1ccccc1-c1c(OC)ccc(N=C=O)c1N=C=O. The summed E-state index contributed by atoms with van der Waals surface area (Å²) in [6, 6.07) is 10.3. The van der Waals surface area contributed by atoms with Gasteiger partial charge in [-0.3, -0.25) is 0 Å². The number of isocyanates is 2. The summed E-state index contributed by atoms with van der Waals surface area (Å²) in [5, 5.41) is 0. The van der Waals surface area contributed by atoms with Crippen molar-refractivity contribution in [3.8, 4) is 22.6 Å². The number of carbonyl (C=O) groups excluding carboxylic acids is 2. The summed E-state index contributed by atoms with van der Waals surface area (Å²) in [5.74, 6) is 1.03. The molecule has 0 aromatic heterocycles. The molecule has 0 bridgehead atoms. The molecular formula is C16H12N2O4. The van der Waals surface area contributed by atoms with Gasteiger partial charge in [0.15, 0.2) is 0 Å². The monoisotopic (exact) mass is 296 g/mol. The van der Waals surface area contributed by atoms with Gasteiger partial charge in [-0.25, -0.2) is 9.59 Å². The van der Waals surface area contributed by atoms with Gasteiger partial charge in [-0.1, -0.05) is 18.2 Å². The summed E-state index contributed by atoms with van der Waals surface area (Å²) in [7, 11) is 3.02. The fourth-order valence-electron chi connectivity index (χ4n) is 2.14. The number of aliphatic imine (C=N–C) groups is 2. The van der Waals surface area contributed by atoms with Gasteiger partial charge in [-0.15, -0.1) is 0 Å². The summed E-state index contributed by atoms with van der Waals surface area (Å²) < 4.78 is 10.7. The molecule has 0 aliphatic rings. The van der Waals surface area contributed by atoms with E-state index in [0.29, 0.717) is 22.6 Å². The van der Waals surface area contributed by atoms with Crippen LogP contribution >= 0.6 is 0 Å². The third kappa shape index (κ3) is 2.79. The molecule has 0 radical (unpaired) electrons. The Morgan fingerprint density at radius 1 is 0.864 bits per heavy atom. The fourth-order valence-corrected chi connectivity index (χ4v) is 2.14. The maximum absolute atomic E-state index is 10.8. The zero-order chi connectivity index (χ0) is 15.9. The van der Waals surface area contributed by atoms with Crippen molar-refractivity contribution in [2.24, 2.45) is 9.98 Å². The second kappa shape index (κ2) is 6.99. The molecule has 0 amide bonds. The van der Waals surface area contributed by atoms with Crippen LogP contribution in [0.1, 0.15) is 0 Å². The predicted octanol–water partition coefficient (Wildman–Crippen LogP) is 3.31. The molecule has 0 heterocycles. The number of hydrogen-bond donors (Lipinski definition) is 0. The molecule has 0 N–H and O–H groups in total. The zero-order valence-electron chi connectivity index (χ0n) is 12.0. The van der Waals surface area contributed by atoms with Crippen molar-refractivity contribution in [3.05, 3.63) is 36.4 Å². The van der Waals surface area contributed by atoms with Crippen molar-refractivity contribution >= 4 is 23.5 Å². The summed E-state index contributed by atoms with van der Waals surface area (Å²) in [6.45, 7) is 0. The van der Waals surface area contributed by atoms with Gasteiger partial charge < -0.3 is 9.47 Å². The van der Waals surface area contributed by atoms with Gasteiger partial charge in [-0.2, -0.15) is 9.98 Å². The first-order valence-electron chi connectivity index (χ1n) is 6.27. The van der Waals surface area contributed by atoms with E-state index in [0.717, 1.165) is 0 Å². The highest BCUT2D eigenvalue weighted by atomic mass is 16.5. The molecule has 6 nitrogen and oxygen atoms in total. The molecule has 0 fully saturated rings. The Balaban J connectivity index is 2.90. The van der Waals surface area contributed by atoms with Crippen LogP contribution in [0.3, 0.4) is 0 Å². The molecule has 2 aromatic carbocycles. The van der Waals surface area contributed by atoms with E-state index >= 15 is 0 Å². The number of rotatable bonds is 5. The number of methoxy groups -OCH3 is 2. The lowest BCUT2D eigenvalue weighted by atomic mass is 10.00. The molecule has 0 saturated heterocycles. The van der Waals surface area contributed by atoms with E-state index in [-0.39, 0.29) is 11.4 Å². The van der Waals surface area contributed by atoms with E-state index < -0.39 is 0 Å². The summed E-state index contributed by atoms with van der Waals surface area (Å²) in [6.07, 6.45) is 2.91. The molecule has 0 aliphatic heterocycles.